The molecule has 38 heavy (non-hydrogen) atoms. The lowest BCUT2D eigenvalue weighted by atomic mass is 9.58. The normalized spacial score (nSPS) is 45.7. The molecule has 2 bridgehead atoms. The first-order valence-electron chi connectivity index (χ1n) is 13.5. The lowest BCUT2D eigenvalue weighted by Gasteiger charge is -2.60. The summed E-state index contributed by atoms with van der Waals surface area (Å²) < 4.78 is 26.6. The molecule has 0 aromatic carbocycles. The van der Waals surface area contributed by atoms with Crippen molar-refractivity contribution in [3.63, 3.8) is 0 Å². The Labute approximate surface area is 219 Å². The second-order valence-electron chi connectivity index (χ2n) is 11.7. The Kier molecular flexibility index (Phi) is 6.46. The SMILES string of the molecule is Cc1cn([C@H]2CC(N=[N+]=[N-])[C@@H](CO[C@H]3O[C@@H]4O[C@@]5(C)CC[C@H]6[C@H](C)CC[C@@H]([C@H]3C)[C@@]46OO5)O2)c(=O)[nH]c1=O. The van der Waals surface area contributed by atoms with Crippen molar-refractivity contribution in [2.75, 3.05) is 6.61 Å². The molecule has 0 radical (unpaired) electrons. The van der Waals surface area contributed by atoms with Gasteiger partial charge in [-0.15, -0.1) is 0 Å². The van der Waals surface area contributed by atoms with Gasteiger partial charge in [0.25, 0.3) is 5.56 Å². The van der Waals surface area contributed by atoms with E-state index in [0.717, 1.165) is 25.7 Å². The zero-order chi connectivity index (χ0) is 26.8. The summed E-state index contributed by atoms with van der Waals surface area (Å²) in [5, 5.41) is 3.90. The predicted molar refractivity (Wildman–Crippen MR) is 130 cm³/mol. The van der Waals surface area contributed by atoms with Gasteiger partial charge in [-0.25, -0.2) is 14.6 Å². The van der Waals surface area contributed by atoms with Crippen LogP contribution in [-0.4, -0.2) is 52.3 Å². The molecular weight excluding hydrogens is 498 g/mol. The van der Waals surface area contributed by atoms with Gasteiger partial charge in [0.2, 0.25) is 5.79 Å². The molecule has 13 nitrogen and oxygen atoms in total. The molecule has 1 spiro atoms. The van der Waals surface area contributed by atoms with Crippen LogP contribution in [0, 0.1) is 30.6 Å². The van der Waals surface area contributed by atoms with Crippen LogP contribution in [0.15, 0.2) is 20.9 Å². The zero-order valence-corrected chi connectivity index (χ0v) is 22.1. The number of hydrogen-bond donors (Lipinski definition) is 1. The summed E-state index contributed by atoms with van der Waals surface area (Å²) >= 11 is 0. The second kappa shape index (κ2) is 9.44. The van der Waals surface area contributed by atoms with Gasteiger partial charge in [0.1, 0.15) is 6.23 Å². The molecule has 6 aliphatic rings. The first-order chi connectivity index (χ1) is 18.1. The van der Waals surface area contributed by atoms with Gasteiger partial charge in [0, 0.05) is 41.3 Å². The average Bonchev–Trinajstić information content (AvgIpc) is 3.13. The molecule has 11 atom stereocenters. The Bertz CT molecular complexity index is 1250. The Morgan fingerprint density at radius 3 is 2.82 bits per heavy atom. The number of rotatable bonds is 5. The highest BCUT2D eigenvalue weighted by molar-refractivity contribution is 5.09. The standard InChI is InChI=1S/C25H35N5O8/c1-12-5-6-16-14(3)21(35-22-25(16)15(12)7-8-24(4,36-22)37-38-25)33-11-18-17(28-29-26)9-19(34-18)30-10-13(2)20(31)27-23(30)32/h10,12,14-19,21-22H,5-9,11H2,1-4H3,(H,27,31,32)/t12-,14-,15+,16+,17?,18-,19-,21+,22-,24-,25-/m1/s1. The topological polar surface area (TPSA) is 159 Å². The van der Waals surface area contributed by atoms with Gasteiger partial charge in [0.15, 0.2) is 18.2 Å². The molecule has 6 heterocycles. The smallest absolute Gasteiger partial charge is 0.330 e. The third kappa shape index (κ3) is 4.03. The number of H-pyrrole nitrogens is 1. The van der Waals surface area contributed by atoms with Crippen LogP contribution in [0.2, 0.25) is 0 Å². The summed E-state index contributed by atoms with van der Waals surface area (Å²) in [5.41, 5.74) is 7.80. The van der Waals surface area contributed by atoms with E-state index in [1.54, 1.807) is 6.92 Å². The molecule has 0 amide bonds. The number of azide groups is 1. The van der Waals surface area contributed by atoms with Gasteiger partial charge >= 0.3 is 5.69 Å². The number of nitrogens with zero attached hydrogens (tertiary/aromatic N) is 4. The van der Waals surface area contributed by atoms with Crippen LogP contribution >= 0.6 is 0 Å². The Hall–Kier alpha value is -2.25. The van der Waals surface area contributed by atoms with Crippen LogP contribution < -0.4 is 11.2 Å². The molecule has 7 rings (SSSR count). The number of aromatic nitrogens is 2. The predicted octanol–water partition coefficient (Wildman–Crippen LogP) is 3.04. The van der Waals surface area contributed by atoms with Crippen LogP contribution in [0.4, 0.5) is 0 Å². The van der Waals surface area contributed by atoms with Crippen molar-refractivity contribution in [3.8, 4) is 0 Å². The lowest BCUT2D eigenvalue weighted by molar-refractivity contribution is -0.577. The first-order valence-corrected chi connectivity index (χ1v) is 13.5. The maximum atomic E-state index is 12.4. The fraction of sp³-hybridized carbons (Fsp3) is 0.840. The molecular formula is C25H35N5O8. The van der Waals surface area contributed by atoms with Crippen LogP contribution in [0.25, 0.3) is 10.4 Å². The van der Waals surface area contributed by atoms with Crippen molar-refractivity contribution >= 4 is 0 Å². The van der Waals surface area contributed by atoms with E-state index in [-0.39, 0.29) is 30.8 Å². The quantitative estimate of drug-likeness (QED) is 0.262. The van der Waals surface area contributed by atoms with E-state index in [2.05, 4.69) is 28.9 Å². The number of fused-ring (bicyclic) bond motifs is 2. The molecule has 1 N–H and O–H groups in total. The Morgan fingerprint density at radius 1 is 1.21 bits per heavy atom. The molecule has 1 aromatic rings. The highest BCUT2D eigenvalue weighted by atomic mass is 17.3. The molecule has 5 saturated heterocycles. The number of aryl methyl sites for hydroxylation is 1. The van der Waals surface area contributed by atoms with Gasteiger partial charge in [0.05, 0.1) is 18.8 Å². The zero-order valence-electron chi connectivity index (χ0n) is 22.1. The van der Waals surface area contributed by atoms with Crippen LogP contribution in [-0.2, 0) is 28.7 Å². The molecule has 208 valence electrons. The van der Waals surface area contributed by atoms with E-state index in [1.165, 1.54) is 10.8 Å². The maximum absolute atomic E-state index is 12.4. The summed E-state index contributed by atoms with van der Waals surface area (Å²) in [6.45, 7) is 7.95. The molecule has 1 aromatic heterocycles. The summed E-state index contributed by atoms with van der Waals surface area (Å²) in [6.07, 6.45) is 2.89. The van der Waals surface area contributed by atoms with Crippen molar-refractivity contribution in [3.05, 3.63) is 43.0 Å². The van der Waals surface area contributed by atoms with E-state index >= 15 is 0 Å². The molecule has 1 unspecified atom stereocenters. The first kappa shape index (κ1) is 26.0. The van der Waals surface area contributed by atoms with Crippen molar-refractivity contribution in [1.82, 2.24) is 9.55 Å². The summed E-state index contributed by atoms with van der Waals surface area (Å²) in [5.74, 6) is -0.0631. The number of nitrogens with one attached hydrogen (secondary N) is 1. The van der Waals surface area contributed by atoms with E-state index < -0.39 is 53.6 Å². The minimum Gasteiger partial charge on any atom is -0.352 e. The minimum atomic E-state index is -0.876. The van der Waals surface area contributed by atoms with Gasteiger partial charge in [-0.3, -0.25) is 14.3 Å². The summed E-state index contributed by atoms with van der Waals surface area (Å²) in [4.78, 5) is 41.5. The molecule has 13 heteroatoms. The van der Waals surface area contributed by atoms with Crippen molar-refractivity contribution in [2.24, 2.45) is 28.8 Å². The highest BCUT2D eigenvalue weighted by Crippen LogP contribution is 2.60. The van der Waals surface area contributed by atoms with Gasteiger partial charge in [-0.2, -0.15) is 0 Å². The monoisotopic (exact) mass is 533 g/mol. The largest absolute Gasteiger partial charge is 0.352 e. The molecule has 1 saturated carbocycles. The van der Waals surface area contributed by atoms with Crippen LogP contribution in [0.3, 0.4) is 0 Å². The third-order valence-corrected chi connectivity index (χ3v) is 9.38. The van der Waals surface area contributed by atoms with Crippen LogP contribution in [0.5, 0.6) is 0 Å². The van der Waals surface area contributed by atoms with E-state index in [9.17, 15) is 9.59 Å². The molecule has 5 aliphatic heterocycles. The Morgan fingerprint density at radius 2 is 2.03 bits per heavy atom. The minimum absolute atomic E-state index is 0.0181. The van der Waals surface area contributed by atoms with E-state index in [4.69, 9.17) is 34.3 Å². The Balaban J connectivity index is 1.21. The van der Waals surface area contributed by atoms with Crippen LogP contribution in [0.1, 0.15) is 64.7 Å². The lowest BCUT2D eigenvalue weighted by Crippen LogP contribution is -2.70. The highest BCUT2D eigenvalue weighted by Gasteiger charge is 2.69. The second-order valence-corrected chi connectivity index (χ2v) is 11.7. The van der Waals surface area contributed by atoms with E-state index in [0.29, 0.717) is 11.5 Å². The van der Waals surface area contributed by atoms with Gasteiger partial charge in [-0.05, 0) is 50.5 Å². The van der Waals surface area contributed by atoms with Crippen molar-refractivity contribution in [2.45, 2.75) is 102 Å². The van der Waals surface area contributed by atoms with Crippen molar-refractivity contribution in [1.29, 1.82) is 0 Å². The van der Waals surface area contributed by atoms with Gasteiger partial charge in [-0.1, -0.05) is 19.0 Å². The summed E-state index contributed by atoms with van der Waals surface area (Å²) in [7, 11) is 0. The number of aromatic amines is 1. The van der Waals surface area contributed by atoms with Crippen molar-refractivity contribution < 1.29 is 28.7 Å². The fourth-order valence-corrected chi connectivity index (χ4v) is 7.28. The maximum Gasteiger partial charge on any atom is 0.330 e. The van der Waals surface area contributed by atoms with Gasteiger partial charge < -0.3 is 18.9 Å². The molecule has 1 aliphatic carbocycles. The third-order valence-electron chi connectivity index (χ3n) is 9.38. The number of ether oxygens (including phenoxy) is 4. The summed E-state index contributed by atoms with van der Waals surface area (Å²) in [6, 6.07) is -0.560. The fourth-order valence-electron chi connectivity index (χ4n) is 7.28. The molecule has 6 fully saturated rings. The number of hydrogen-bond acceptors (Lipinski definition) is 9. The van der Waals surface area contributed by atoms with E-state index in [1.807, 2.05) is 6.92 Å². The average molecular weight is 534 g/mol.